The van der Waals surface area contributed by atoms with Gasteiger partial charge in [0.25, 0.3) is 11.2 Å². The van der Waals surface area contributed by atoms with Crippen LogP contribution in [-0.2, 0) is 5.41 Å². The highest BCUT2D eigenvalue weighted by atomic mass is 79.9. The van der Waals surface area contributed by atoms with Crippen LogP contribution in [0.1, 0.15) is 32.2 Å². The van der Waals surface area contributed by atoms with Gasteiger partial charge in [-0.1, -0.05) is 36.7 Å². The third-order valence-corrected chi connectivity index (χ3v) is 5.94. The Kier molecular flexibility index (Phi) is 7.08. The minimum absolute atomic E-state index is 0.138. The van der Waals surface area contributed by atoms with Crippen LogP contribution in [0.5, 0.6) is 11.6 Å². The molecule has 2 aromatic heterocycles. The fourth-order valence-electron chi connectivity index (χ4n) is 3.51. The lowest BCUT2D eigenvalue weighted by molar-refractivity contribution is -0.385. The van der Waals surface area contributed by atoms with Crippen LogP contribution >= 0.6 is 15.9 Å². The smallest absolute Gasteiger partial charge is 0.287 e. The normalized spacial score (nSPS) is 11.7. The molecule has 37 heavy (non-hydrogen) atoms. The molecule has 0 radical (unpaired) electrons. The Morgan fingerprint density at radius 1 is 1.14 bits per heavy atom. The van der Waals surface area contributed by atoms with Gasteiger partial charge in [0, 0.05) is 53.4 Å². The van der Waals surface area contributed by atoms with Gasteiger partial charge in [-0.3, -0.25) is 14.9 Å². The van der Waals surface area contributed by atoms with Gasteiger partial charge in [-0.05, 0) is 30.3 Å². The largest absolute Gasteiger partial charge is 0.438 e. The predicted octanol–water partition coefficient (Wildman–Crippen LogP) is 5.50. The van der Waals surface area contributed by atoms with Crippen molar-refractivity contribution < 1.29 is 9.66 Å². The molecule has 0 unspecified atom stereocenters. The Hall–Kier alpha value is -4.12. The van der Waals surface area contributed by atoms with Gasteiger partial charge in [0.15, 0.2) is 0 Å². The molecule has 0 fully saturated rings. The standard InChI is InChI=1S/C26H25BrN6O4/c1-26(2,3)25-30-21-10-7-17(27)12-20(21)24(34)32(25)29-14-16-6-8-18(31(4)5)13-22(16)37-23-11-9-19(15-28-23)33(35)36/h6-15H,1-5H3. The molecule has 0 saturated heterocycles. The van der Waals surface area contributed by atoms with Crippen LogP contribution in [0.25, 0.3) is 10.9 Å². The van der Waals surface area contributed by atoms with Crippen LogP contribution in [0.4, 0.5) is 11.4 Å². The van der Waals surface area contributed by atoms with E-state index in [9.17, 15) is 14.9 Å². The van der Waals surface area contributed by atoms with E-state index in [2.05, 4.69) is 26.0 Å². The Morgan fingerprint density at radius 3 is 2.51 bits per heavy atom. The topological polar surface area (TPSA) is 116 Å². The first-order chi connectivity index (χ1) is 17.4. The number of pyridine rings is 1. The molecule has 0 aliphatic rings. The van der Waals surface area contributed by atoms with E-state index in [0.717, 1.165) is 16.4 Å². The van der Waals surface area contributed by atoms with Gasteiger partial charge in [0.1, 0.15) is 17.8 Å². The van der Waals surface area contributed by atoms with Crippen molar-refractivity contribution in [3.05, 3.63) is 91.1 Å². The second-order valence-electron chi connectivity index (χ2n) is 9.54. The number of ether oxygens (including phenoxy) is 1. The van der Waals surface area contributed by atoms with Gasteiger partial charge < -0.3 is 9.64 Å². The van der Waals surface area contributed by atoms with E-state index >= 15 is 0 Å². The Morgan fingerprint density at radius 2 is 1.89 bits per heavy atom. The molecular formula is C26H25BrN6O4. The average molecular weight is 565 g/mol. The number of aromatic nitrogens is 3. The van der Waals surface area contributed by atoms with Crippen LogP contribution in [0.3, 0.4) is 0 Å². The first-order valence-corrected chi connectivity index (χ1v) is 12.1. The van der Waals surface area contributed by atoms with Crippen molar-refractivity contribution in [1.82, 2.24) is 14.6 Å². The van der Waals surface area contributed by atoms with Crippen molar-refractivity contribution in [2.24, 2.45) is 5.10 Å². The zero-order valence-corrected chi connectivity index (χ0v) is 22.6. The average Bonchev–Trinajstić information content (AvgIpc) is 2.84. The van der Waals surface area contributed by atoms with Crippen molar-refractivity contribution in [2.75, 3.05) is 19.0 Å². The monoisotopic (exact) mass is 564 g/mol. The van der Waals surface area contributed by atoms with Crippen LogP contribution in [0, 0.1) is 10.1 Å². The van der Waals surface area contributed by atoms with Gasteiger partial charge in [-0.15, -0.1) is 0 Å². The summed E-state index contributed by atoms with van der Waals surface area (Å²) in [5, 5.41) is 15.9. The number of fused-ring (bicyclic) bond motifs is 1. The lowest BCUT2D eigenvalue weighted by Gasteiger charge is -2.21. The highest BCUT2D eigenvalue weighted by molar-refractivity contribution is 9.10. The quantitative estimate of drug-likeness (QED) is 0.172. The fourth-order valence-corrected chi connectivity index (χ4v) is 3.87. The molecule has 0 amide bonds. The lowest BCUT2D eigenvalue weighted by Crippen LogP contribution is -2.29. The second-order valence-corrected chi connectivity index (χ2v) is 10.5. The van der Waals surface area contributed by atoms with Gasteiger partial charge in [0.05, 0.1) is 22.0 Å². The van der Waals surface area contributed by atoms with Crippen LogP contribution in [0.15, 0.2) is 69.1 Å². The van der Waals surface area contributed by atoms with Gasteiger partial charge in [-0.25, -0.2) is 9.97 Å². The van der Waals surface area contributed by atoms with Crippen LogP contribution in [-0.4, -0.2) is 39.9 Å². The molecule has 2 heterocycles. The molecule has 0 aliphatic heterocycles. The molecule has 4 rings (SSSR count). The number of hydrogen-bond donors (Lipinski definition) is 0. The summed E-state index contributed by atoms with van der Waals surface area (Å²) in [7, 11) is 3.79. The first-order valence-electron chi connectivity index (χ1n) is 11.3. The van der Waals surface area contributed by atoms with E-state index in [1.807, 2.05) is 58.0 Å². The number of anilines is 1. The summed E-state index contributed by atoms with van der Waals surface area (Å²) < 4.78 is 8.05. The van der Waals surface area contributed by atoms with Crippen molar-refractivity contribution >= 4 is 44.4 Å². The number of nitro groups is 1. The number of benzene rings is 2. The number of nitrogens with zero attached hydrogens (tertiary/aromatic N) is 6. The molecular weight excluding hydrogens is 540 g/mol. The molecule has 0 N–H and O–H groups in total. The third kappa shape index (κ3) is 5.67. The SMILES string of the molecule is CN(C)c1ccc(C=Nn2c(C(C)(C)C)nc3ccc(Br)cc3c2=O)c(Oc2ccc([N+](=O)[O-])cn2)c1. The van der Waals surface area contributed by atoms with E-state index in [1.54, 1.807) is 18.2 Å². The van der Waals surface area contributed by atoms with E-state index in [-0.39, 0.29) is 17.1 Å². The van der Waals surface area contributed by atoms with Crippen LogP contribution < -0.4 is 15.2 Å². The summed E-state index contributed by atoms with van der Waals surface area (Å²) in [4.78, 5) is 34.6. The minimum Gasteiger partial charge on any atom is -0.438 e. The van der Waals surface area contributed by atoms with Crippen molar-refractivity contribution in [3.63, 3.8) is 0 Å². The van der Waals surface area contributed by atoms with Crippen molar-refractivity contribution in [1.29, 1.82) is 0 Å². The molecule has 0 aliphatic carbocycles. The second kappa shape index (κ2) is 10.1. The van der Waals surface area contributed by atoms with Gasteiger partial charge in [0.2, 0.25) is 5.88 Å². The maximum absolute atomic E-state index is 13.5. The summed E-state index contributed by atoms with van der Waals surface area (Å²) >= 11 is 3.42. The molecule has 0 spiro atoms. The number of hydrogen-bond acceptors (Lipinski definition) is 8. The summed E-state index contributed by atoms with van der Waals surface area (Å²) in [5.41, 5.74) is 1.13. The molecule has 0 saturated carbocycles. The zero-order chi connectivity index (χ0) is 26.9. The van der Waals surface area contributed by atoms with Crippen molar-refractivity contribution in [3.8, 4) is 11.6 Å². The zero-order valence-electron chi connectivity index (χ0n) is 21.0. The Labute approximate surface area is 221 Å². The minimum atomic E-state index is -0.526. The first kappa shape index (κ1) is 26.0. The Balaban J connectivity index is 1.82. The lowest BCUT2D eigenvalue weighted by atomic mass is 9.95. The highest BCUT2D eigenvalue weighted by Crippen LogP contribution is 2.29. The molecule has 10 nitrogen and oxygen atoms in total. The summed E-state index contributed by atoms with van der Waals surface area (Å²) in [6.07, 6.45) is 2.66. The van der Waals surface area contributed by atoms with Crippen LogP contribution in [0.2, 0.25) is 0 Å². The molecule has 11 heteroatoms. The number of halogens is 1. The maximum Gasteiger partial charge on any atom is 0.287 e. The van der Waals surface area contributed by atoms with Crippen molar-refractivity contribution in [2.45, 2.75) is 26.2 Å². The summed E-state index contributed by atoms with van der Waals surface area (Å²) in [5.74, 6) is 1.10. The fraction of sp³-hybridized carbons (Fsp3) is 0.231. The molecule has 4 aromatic rings. The third-order valence-electron chi connectivity index (χ3n) is 5.45. The maximum atomic E-state index is 13.5. The van der Waals surface area contributed by atoms with Gasteiger partial charge >= 0.3 is 0 Å². The van der Waals surface area contributed by atoms with Gasteiger partial charge in [-0.2, -0.15) is 9.78 Å². The molecule has 0 atom stereocenters. The highest BCUT2D eigenvalue weighted by Gasteiger charge is 2.23. The Bertz CT molecular complexity index is 1570. The van der Waals surface area contributed by atoms with E-state index in [4.69, 9.17) is 9.72 Å². The molecule has 190 valence electrons. The summed E-state index contributed by atoms with van der Waals surface area (Å²) in [6, 6.07) is 13.6. The number of rotatable bonds is 6. The van der Waals surface area contributed by atoms with E-state index < -0.39 is 10.3 Å². The molecule has 0 bridgehead atoms. The summed E-state index contributed by atoms with van der Waals surface area (Å²) in [6.45, 7) is 5.89. The van der Waals surface area contributed by atoms with E-state index in [0.29, 0.717) is 28.0 Å². The molecule has 2 aromatic carbocycles. The predicted molar refractivity (Wildman–Crippen MR) is 147 cm³/mol. The van der Waals surface area contributed by atoms with E-state index in [1.165, 1.54) is 23.0 Å².